The molecule has 1 saturated heterocycles. The third-order valence-corrected chi connectivity index (χ3v) is 7.49. The molecule has 2 aromatic heterocycles. The molecule has 0 atom stereocenters. The number of fused-ring (bicyclic) bond motifs is 1. The lowest BCUT2D eigenvalue weighted by molar-refractivity contribution is -0.130. The molecule has 0 unspecified atom stereocenters. The van der Waals surface area contributed by atoms with Crippen LogP contribution in [-0.2, 0) is 11.2 Å². The van der Waals surface area contributed by atoms with Crippen LogP contribution in [-0.4, -0.2) is 46.4 Å². The number of amides is 1. The summed E-state index contributed by atoms with van der Waals surface area (Å²) in [5.74, 6) is 0.143. The van der Waals surface area contributed by atoms with Gasteiger partial charge in [-0.1, -0.05) is 53.0 Å². The lowest BCUT2D eigenvalue weighted by Crippen LogP contribution is -2.49. The molecule has 5 rings (SSSR count). The average molecular weight is 485 g/mol. The van der Waals surface area contributed by atoms with Gasteiger partial charge in [0.15, 0.2) is 4.96 Å². The molecule has 3 heterocycles. The van der Waals surface area contributed by atoms with E-state index in [1.165, 1.54) is 5.56 Å². The number of rotatable bonds is 4. The van der Waals surface area contributed by atoms with Gasteiger partial charge in [-0.25, -0.2) is 4.98 Å². The number of carbonyl (C=O) groups excluding carboxylic acids is 1. The van der Waals surface area contributed by atoms with Crippen molar-refractivity contribution in [2.24, 2.45) is 0 Å². The van der Waals surface area contributed by atoms with Crippen molar-refractivity contribution in [3.05, 3.63) is 75.3 Å². The topological polar surface area (TPSA) is 40.9 Å². The van der Waals surface area contributed by atoms with Gasteiger partial charge in [0.05, 0.1) is 22.2 Å². The number of benzene rings is 2. The Hall–Kier alpha value is -2.54. The Kier molecular flexibility index (Phi) is 5.84. The normalized spacial score (nSPS) is 14.3. The van der Waals surface area contributed by atoms with Crippen LogP contribution in [0, 0.1) is 6.92 Å². The number of thiazole rings is 1. The summed E-state index contributed by atoms with van der Waals surface area (Å²) in [5.41, 5.74) is 5.25. The quantitative estimate of drug-likeness (QED) is 0.380. The Morgan fingerprint density at radius 2 is 1.78 bits per heavy atom. The van der Waals surface area contributed by atoms with E-state index in [0.29, 0.717) is 29.6 Å². The van der Waals surface area contributed by atoms with E-state index in [9.17, 15) is 4.79 Å². The van der Waals surface area contributed by atoms with Crippen molar-refractivity contribution in [2.45, 2.75) is 13.3 Å². The molecule has 5 nitrogen and oxygen atoms in total. The molecule has 0 N–H and O–H groups in total. The zero-order valence-electron chi connectivity index (χ0n) is 17.6. The molecule has 0 saturated carbocycles. The lowest BCUT2D eigenvalue weighted by atomic mass is 10.1. The standard InChI is InChI=1S/C24H22Cl2N4OS/c1-16-2-4-17(5-3-16)22-14-30-19(15-32-24(30)27-22)13-23(31)29-10-8-28(9-11-29)18-6-7-20(25)21(26)12-18/h2-7,12,14-15H,8-11,13H2,1H3. The molecular weight excluding hydrogens is 463 g/mol. The first kappa shape index (κ1) is 21.3. The van der Waals surface area contributed by atoms with Crippen molar-refractivity contribution < 1.29 is 4.79 Å². The third-order valence-electron chi connectivity index (χ3n) is 5.86. The van der Waals surface area contributed by atoms with E-state index in [2.05, 4.69) is 36.1 Å². The Labute approximate surface area is 200 Å². The van der Waals surface area contributed by atoms with Crippen LogP contribution in [0.15, 0.2) is 54.0 Å². The average Bonchev–Trinajstić information content (AvgIpc) is 3.38. The minimum Gasteiger partial charge on any atom is -0.368 e. The largest absolute Gasteiger partial charge is 0.368 e. The second-order valence-electron chi connectivity index (χ2n) is 8.01. The number of aryl methyl sites for hydroxylation is 1. The van der Waals surface area contributed by atoms with Gasteiger partial charge in [-0.3, -0.25) is 9.20 Å². The van der Waals surface area contributed by atoms with Crippen molar-refractivity contribution in [1.29, 1.82) is 0 Å². The van der Waals surface area contributed by atoms with Gasteiger partial charge in [0.2, 0.25) is 5.91 Å². The summed E-state index contributed by atoms with van der Waals surface area (Å²) in [6.07, 6.45) is 2.40. The van der Waals surface area contributed by atoms with E-state index in [1.54, 1.807) is 11.3 Å². The molecule has 0 spiro atoms. The lowest BCUT2D eigenvalue weighted by Gasteiger charge is -2.36. The van der Waals surface area contributed by atoms with E-state index in [4.69, 9.17) is 28.2 Å². The maximum Gasteiger partial charge on any atom is 0.228 e. The van der Waals surface area contributed by atoms with Crippen molar-refractivity contribution >= 4 is 51.1 Å². The molecule has 1 aliphatic rings. The van der Waals surface area contributed by atoms with Crippen LogP contribution in [0.3, 0.4) is 0 Å². The number of hydrogen-bond acceptors (Lipinski definition) is 4. The Bertz CT molecular complexity index is 1270. The summed E-state index contributed by atoms with van der Waals surface area (Å²) in [5, 5.41) is 3.14. The smallest absolute Gasteiger partial charge is 0.228 e. The van der Waals surface area contributed by atoms with Gasteiger partial charge in [-0.2, -0.15) is 0 Å². The van der Waals surface area contributed by atoms with Gasteiger partial charge in [0.25, 0.3) is 0 Å². The molecule has 0 aliphatic carbocycles. The molecule has 1 amide bonds. The number of carbonyl (C=O) groups is 1. The zero-order valence-corrected chi connectivity index (χ0v) is 19.9. The van der Waals surface area contributed by atoms with E-state index in [-0.39, 0.29) is 5.91 Å². The number of nitrogens with zero attached hydrogens (tertiary/aromatic N) is 4. The second-order valence-corrected chi connectivity index (χ2v) is 9.67. The van der Waals surface area contributed by atoms with Crippen LogP contribution in [0.1, 0.15) is 11.3 Å². The van der Waals surface area contributed by atoms with Crippen LogP contribution >= 0.6 is 34.5 Å². The Morgan fingerprint density at radius 3 is 2.50 bits per heavy atom. The van der Waals surface area contributed by atoms with Gasteiger partial charge < -0.3 is 9.80 Å². The highest BCUT2D eigenvalue weighted by molar-refractivity contribution is 7.15. The molecule has 8 heteroatoms. The Morgan fingerprint density at radius 1 is 1.03 bits per heavy atom. The number of halogens is 2. The first-order valence-corrected chi connectivity index (χ1v) is 12.1. The number of aromatic nitrogens is 2. The van der Waals surface area contributed by atoms with E-state index in [1.807, 2.05) is 39.1 Å². The van der Waals surface area contributed by atoms with Crippen molar-refractivity contribution in [1.82, 2.24) is 14.3 Å². The summed E-state index contributed by atoms with van der Waals surface area (Å²) in [7, 11) is 0. The summed E-state index contributed by atoms with van der Waals surface area (Å²) < 4.78 is 2.05. The summed E-state index contributed by atoms with van der Waals surface area (Å²) in [6.45, 7) is 4.98. The maximum atomic E-state index is 13.0. The fraction of sp³-hybridized carbons (Fsp3) is 0.250. The minimum absolute atomic E-state index is 0.143. The summed E-state index contributed by atoms with van der Waals surface area (Å²) >= 11 is 13.8. The molecule has 1 aliphatic heterocycles. The van der Waals surface area contributed by atoms with Crippen molar-refractivity contribution in [3.8, 4) is 11.3 Å². The van der Waals surface area contributed by atoms with Crippen molar-refractivity contribution in [2.75, 3.05) is 31.1 Å². The number of piperazine rings is 1. The van der Waals surface area contributed by atoms with E-state index in [0.717, 1.165) is 40.7 Å². The van der Waals surface area contributed by atoms with Crippen LogP contribution in [0.2, 0.25) is 10.0 Å². The van der Waals surface area contributed by atoms with Crippen LogP contribution < -0.4 is 4.90 Å². The Balaban J connectivity index is 1.25. The SMILES string of the molecule is Cc1ccc(-c2cn3c(CC(=O)N4CCN(c5ccc(Cl)c(Cl)c5)CC4)csc3n2)cc1. The second kappa shape index (κ2) is 8.77. The maximum absolute atomic E-state index is 13.0. The van der Waals surface area contributed by atoms with Gasteiger partial charge in [0, 0.05) is 54.7 Å². The van der Waals surface area contributed by atoms with E-state index < -0.39 is 0 Å². The summed E-state index contributed by atoms with van der Waals surface area (Å²) in [6, 6.07) is 14.0. The molecule has 164 valence electrons. The number of imidazole rings is 1. The number of anilines is 1. The van der Waals surface area contributed by atoms with Gasteiger partial charge in [-0.05, 0) is 25.1 Å². The predicted octanol–water partition coefficient (Wildman–Crippen LogP) is 5.57. The number of hydrogen-bond donors (Lipinski definition) is 0. The molecule has 0 radical (unpaired) electrons. The minimum atomic E-state index is 0.143. The van der Waals surface area contributed by atoms with Crippen LogP contribution in [0.5, 0.6) is 0 Å². The molecular formula is C24H22Cl2N4OS. The van der Waals surface area contributed by atoms with Gasteiger partial charge in [0.1, 0.15) is 0 Å². The van der Waals surface area contributed by atoms with Crippen LogP contribution in [0.25, 0.3) is 16.2 Å². The zero-order chi connectivity index (χ0) is 22.2. The first-order valence-electron chi connectivity index (χ1n) is 10.5. The van der Waals surface area contributed by atoms with E-state index >= 15 is 0 Å². The van der Waals surface area contributed by atoms with Crippen molar-refractivity contribution in [3.63, 3.8) is 0 Å². The third kappa shape index (κ3) is 4.22. The molecule has 0 bridgehead atoms. The van der Waals surface area contributed by atoms with Gasteiger partial charge >= 0.3 is 0 Å². The van der Waals surface area contributed by atoms with Gasteiger partial charge in [-0.15, -0.1) is 11.3 Å². The van der Waals surface area contributed by atoms with Crippen LogP contribution in [0.4, 0.5) is 5.69 Å². The molecule has 4 aromatic rings. The fourth-order valence-corrected chi connectivity index (χ4v) is 5.15. The monoisotopic (exact) mass is 484 g/mol. The highest BCUT2D eigenvalue weighted by Gasteiger charge is 2.23. The molecule has 1 fully saturated rings. The predicted molar refractivity (Wildman–Crippen MR) is 132 cm³/mol. The highest BCUT2D eigenvalue weighted by atomic mass is 35.5. The highest BCUT2D eigenvalue weighted by Crippen LogP contribution is 2.28. The fourth-order valence-electron chi connectivity index (χ4n) is 3.98. The summed E-state index contributed by atoms with van der Waals surface area (Å²) in [4.78, 5) is 22.8. The molecule has 2 aromatic carbocycles. The first-order chi connectivity index (χ1) is 15.5. The molecule has 32 heavy (non-hydrogen) atoms.